The van der Waals surface area contributed by atoms with Crippen molar-refractivity contribution in [2.75, 3.05) is 13.7 Å². The highest BCUT2D eigenvalue weighted by Gasteiger charge is 2.37. The molecule has 14 heavy (non-hydrogen) atoms. The molecule has 0 aromatic rings. The Labute approximate surface area is 88.4 Å². The molecule has 1 rings (SSSR count). The van der Waals surface area contributed by atoms with Crippen LogP contribution in [0.2, 0.25) is 0 Å². The van der Waals surface area contributed by atoms with Gasteiger partial charge in [-0.05, 0) is 37.6 Å². The minimum absolute atomic E-state index is 0.383. The molecule has 1 saturated carbocycles. The molecule has 2 nitrogen and oxygen atoms in total. The zero-order valence-electron chi connectivity index (χ0n) is 10.0. The van der Waals surface area contributed by atoms with Crippen molar-refractivity contribution in [2.45, 2.75) is 52.2 Å². The third-order valence-corrected chi connectivity index (χ3v) is 3.04. The van der Waals surface area contributed by atoms with Gasteiger partial charge in [0.15, 0.2) is 0 Å². The molecule has 84 valence electrons. The highest BCUT2D eigenvalue weighted by molar-refractivity contribution is 4.92. The summed E-state index contributed by atoms with van der Waals surface area (Å²) in [6.07, 6.45) is 4.36. The summed E-state index contributed by atoms with van der Waals surface area (Å²) in [6.45, 7) is 7.83. The van der Waals surface area contributed by atoms with E-state index in [1.54, 1.807) is 0 Å². The molecular weight excluding hydrogens is 174 g/mol. The van der Waals surface area contributed by atoms with Crippen molar-refractivity contribution in [1.29, 1.82) is 0 Å². The molecular formula is C12H25NO. The van der Waals surface area contributed by atoms with Crippen molar-refractivity contribution >= 4 is 0 Å². The van der Waals surface area contributed by atoms with Crippen molar-refractivity contribution in [3.05, 3.63) is 0 Å². The van der Waals surface area contributed by atoms with E-state index in [0.29, 0.717) is 18.1 Å². The fraction of sp³-hybridized carbons (Fsp3) is 1.00. The monoisotopic (exact) mass is 199 g/mol. The van der Waals surface area contributed by atoms with Gasteiger partial charge >= 0.3 is 0 Å². The molecule has 0 aliphatic heterocycles. The summed E-state index contributed by atoms with van der Waals surface area (Å²) in [7, 11) is 1.84. The molecule has 0 heterocycles. The van der Waals surface area contributed by atoms with Gasteiger partial charge in [0.1, 0.15) is 0 Å². The van der Waals surface area contributed by atoms with Crippen molar-refractivity contribution < 1.29 is 4.74 Å². The predicted octanol–water partition coefficient (Wildman–Crippen LogP) is 2.44. The van der Waals surface area contributed by atoms with E-state index in [2.05, 4.69) is 26.1 Å². The Hall–Kier alpha value is -0.0800. The molecule has 2 unspecified atom stereocenters. The number of methoxy groups -OCH3 is 1. The van der Waals surface area contributed by atoms with Gasteiger partial charge in [0.2, 0.25) is 0 Å². The fourth-order valence-corrected chi connectivity index (χ4v) is 2.15. The molecule has 0 aromatic carbocycles. The largest absolute Gasteiger partial charge is 0.380 e. The molecule has 0 amide bonds. The van der Waals surface area contributed by atoms with Crippen LogP contribution in [0.15, 0.2) is 0 Å². The van der Waals surface area contributed by atoms with Crippen molar-refractivity contribution in [3.63, 3.8) is 0 Å². The molecule has 0 aromatic heterocycles. The first kappa shape index (κ1) is 12.0. The third-order valence-electron chi connectivity index (χ3n) is 3.04. The van der Waals surface area contributed by atoms with Gasteiger partial charge in [-0.2, -0.15) is 0 Å². The Bertz CT molecular complexity index is 154. The molecule has 0 saturated heterocycles. The average molecular weight is 199 g/mol. The van der Waals surface area contributed by atoms with Gasteiger partial charge in [-0.15, -0.1) is 0 Å². The SMILES string of the molecule is CCCNC(C1CC1)C(OC)C(C)C. The topological polar surface area (TPSA) is 21.3 Å². The van der Waals surface area contributed by atoms with E-state index in [-0.39, 0.29) is 0 Å². The molecule has 1 aliphatic carbocycles. The molecule has 0 bridgehead atoms. The van der Waals surface area contributed by atoms with Gasteiger partial charge in [-0.25, -0.2) is 0 Å². The first-order chi connectivity index (χ1) is 6.70. The van der Waals surface area contributed by atoms with Crippen molar-refractivity contribution in [2.24, 2.45) is 11.8 Å². The van der Waals surface area contributed by atoms with Crippen LogP contribution < -0.4 is 5.32 Å². The Morgan fingerprint density at radius 3 is 2.36 bits per heavy atom. The zero-order chi connectivity index (χ0) is 10.6. The van der Waals surface area contributed by atoms with E-state index in [0.717, 1.165) is 12.5 Å². The Balaban J connectivity index is 2.45. The molecule has 1 aliphatic rings. The van der Waals surface area contributed by atoms with Crippen LogP contribution in [0.5, 0.6) is 0 Å². The van der Waals surface area contributed by atoms with Gasteiger partial charge in [0.05, 0.1) is 6.10 Å². The second-order valence-electron chi connectivity index (χ2n) is 4.76. The van der Waals surface area contributed by atoms with Crippen LogP contribution in [0.1, 0.15) is 40.0 Å². The molecule has 2 atom stereocenters. The number of hydrogen-bond acceptors (Lipinski definition) is 2. The van der Waals surface area contributed by atoms with Gasteiger partial charge in [0, 0.05) is 13.2 Å². The second kappa shape index (κ2) is 5.72. The zero-order valence-corrected chi connectivity index (χ0v) is 10.0. The maximum atomic E-state index is 5.61. The summed E-state index contributed by atoms with van der Waals surface area (Å²) in [5, 5.41) is 3.64. The summed E-state index contributed by atoms with van der Waals surface area (Å²) in [5.41, 5.74) is 0. The summed E-state index contributed by atoms with van der Waals surface area (Å²) < 4.78 is 5.61. The average Bonchev–Trinajstić information content (AvgIpc) is 2.94. The van der Waals surface area contributed by atoms with Crippen molar-refractivity contribution in [3.8, 4) is 0 Å². The number of hydrogen-bond donors (Lipinski definition) is 1. The van der Waals surface area contributed by atoms with Gasteiger partial charge in [-0.1, -0.05) is 20.8 Å². The lowest BCUT2D eigenvalue weighted by molar-refractivity contribution is 0.0267. The minimum atomic E-state index is 0.383. The van der Waals surface area contributed by atoms with E-state index in [4.69, 9.17) is 4.74 Å². The Kier molecular flexibility index (Phi) is 4.90. The smallest absolute Gasteiger partial charge is 0.0749 e. The first-order valence-electron chi connectivity index (χ1n) is 5.96. The van der Waals surface area contributed by atoms with Crippen LogP contribution in [0, 0.1) is 11.8 Å². The van der Waals surface area contributed by atoms with E-state index in [1.807, 2.05) is 7.11 Å². The van der Waals surface area contributed by atoms with E-state index >= 15 is 0 Å². The van der Waals surface area contributed by atoms with Gasteiger partial charge in [-0.3, -0.25) is 0 Å². The standard InChI is InChI=1S/C12H25NO/c1-5-8-13-11(10-6-7-10)12(14-4)9(2)3/h9-13H,5-8H2,1-4H3. The maximum absolute atomic E-state index is 5.61. The summed E-state index contributed by atoms with van der Waals surface area (Å²) >= 11 is 0. The number of ether oxygens (including phenoxy) is 1. The minimum Gasteiger partial charge on any atom is -0.380 e. The summed E-state index contributed by atoms with van der Waals surface area (Å²) in [6, 6.07) is 0.583. The molecule has 0 radical (unpaired) electrons. The van der Waals surface area contributed by atoms with E-state index in [1.165, 1.54) is 19.3 Å². The predicted molar refractivity (Wildman–Crippen MR) is 60.4 cm³/mol. The highest BCUT2D eigenvalue weighted by Crippen LogP contribution is 2.36. The van der Waals surface area contributed by atoms with Crippen LogP contribution in [0.25, 0.3) is 0 Å². The number of rotatable bonds is 7. The Morgan fingerprint density at radius 2 is 2.00 bits per heavy atom. The normalized spacial score (nSPS) is 21.2. The lowest BCUT2D eigenvalue weighted by Crippen LogP contribution is -2.45. The van der Waals surface area contributed by atoms with Crippen molar-refractivity contribution in [1.82, 2.24) is 5.32 Å². The van der Waals surface area contributed by atoms with E-state index < -0.39 is 0 Å². The van der Waals surface area contributed by atoms with Gasteiger partial charge < -0.3 is 10.1 Å². The van der Waals surface area contributed by atoms with Crippen LogP contribution >= 0.6 is 0 Å². The second-order valence-corrected chi connectivity index (χ2v) is 4.76. The molecule has 1 N–H and O–H groups in total. The van der Waals surface area contributed by atoms with Crippen LogP contribution in [-0.4, -0.2) is 25.8 Å². The molecule has 0 spiro atoms. The summed E-state index contributed by atoms with van der Waals surface area (Å²) in [4.78, 5) is 0. The van der Waals surface area contributed by atoms with Crippen LogP contribution in [0.4, 0.5) is 0 Å². The lowest BCUT2D eigenvalue weighted by atomic mass is 9.95. The highest BCUT2D eigenvalue weighted by atomic mass is 16.5. The fourth-order valence-electron chi connectivity index (χ4n) is 2.15. The molecule has 2 heteroatoms. The number of nitrogens with one attached hydrogen (secondary N) is 1. The summed E-state index contributed by atoms with van der Waals surface area (Å²) in [5.74, 6) is 1.48. The van der Waals surface area contributed by atoms with Crippen LogP contribution in [0.3, 0.4) is 0 Å². The quantitative estimate of drug-likeness (QED) is 0.680. The third kappa shape index (κ3) is 3.25. The Morgan fingerprint density at radius 1 is 1.36 bits per heavy atom. The van der Waals surface area contributed by atoms with Crippen LogP contribution in [-0.2, 0) is 4.74 Å². The first-order valence-corrected chi connectivity index (χ1v) is 5.96. The van der Waals surface area contributed by atoms with E-state index in [9.17, 15) is 0 Å². The van der Waals surface area contributed by atoms with Gasteiger partial charge in [0.25, 0.3) is 0 Å². The lowest BCUT2D eigenvalue weighted by Gasteiger charge is -2.30. The molecule has 1 fully saturated rings. The maximum Gasteiger partial charge on any atom is 0.0749 e.